The molecule has 0 saturated carbocycles. The number of rotatable bonds is 5. The Labute approximate surface area is 148 Å². The van der Waals surface area contributed by atoms with Crippen LogP contribution in [0.15, 0.2) is 53.8 Å². The summed E-state index contributed by atoms with van der Waals surface area (Å²) in [5.74, 6) is 1.61. The summed E-state index contributed by atoms with van der Waals surface area (Å²) < 4.78 is 5.71. The molecule has 3 N–H and O–H groups in total. The summed E-state index contributed by atoms with van der Waals surface area (Å²) in [5.41, 5.74) is 1.94. The molecule has 1 aromatic heterocycles. The Morgan fingerprint density at radius 3 is 2.92 bits per heavy atom. The van der Waals surface area contributed by atoms with Gasteiger partial charge in [0.1, 0.15) is 5.75 Å². The van der Waals surface area contributed by atoms with E-state index in [1.807, 2.05) is 25.1 Å². The molecule has 0 radical (unpaired) electrons. The summed E-state index contributed by atoms with van der Waals surface area (Å²) in [6, 6.07) is 11.8. The van der Waals surface area contributed by atoms with Crippen LogP contribution in [-0.4, -0.2) is 35.7 Å². The smallest absolute Gasteiger partial charge is 0.191 e. The minimum Gasteiger partial charge on any atom is -0.493 e. The minimum absolute atomic E-state index is 0.140. The van der Waals surface area contributed by atoms with Crippen molar-refractivity contribution in [3.63, 3.8) is 0 Å². The van der Waals surface area contributed by atoms with E-state index in [9.17, 15) is 5.11 Å². The lowest BCUT2D eigenvalue weighted by Crippen LogP contribution is -2.41. The van der Waals surface area contributed by atoms with Gasteiger partial charge in [0, 0.05) is 30.9 Å². The van der Waals surface area contributed by atoms with E-state index < -0.39 is 6.10 Å². The van der Waals surface area contributed by atoms with Crippen molar-refractivity contribution in [1.29, 1.82) is 0 Å². The van der Waals surface area contributed by atoms with Gasteiger partial charge in [0.2, 0.25) is 0 Å². The Balaban J connectivity index is 1.69. The van der Waals surface area contributed by atoms with Gasteiger partial charge in [0.05, 0.1) is 25.3 Å². The average Bonchev–Trinajstić information content (AvgIpc) is 2.67. The molecule has 25 heavy (non-hydrogen) atoms. The van der Waals surface area contributed by atoms with Gasteiger partial charge in [-0.25, -0.2) is 0 Å². The number of aliphatic imine (C=N–C) groups is 1. The van der Waals surface area contributed by atoms with Crippen LogP contribution < -0.4 is 15.4 Å². The van der Waals surface area contributed by atoms with Crippen LogP contribution in [0.3, 0.4) is 0 Å². The van der Waals surface area contributed by atoms with Crippen LogP contribution in [0.4, 0.5) is 0 Å². The van der Waals surface area contributed by atoms with E-state index in [0.717, 1.165) is 29.8 Å². The molecule has 2 unspecified atom stereocenters. The van der Waals surface area contributed by atoms with Gasteiger partial charge in [-0.1, -0.05) is 18.2 Å². The minimum atomic E-state index is -0.652. The van der Waals surface area contributed by atoms with E-state index in [1.165, 1.54) is 0 Å². The third-order valence-electron chi connectivity index (χ3n) is 4.13. The van der Waals surface area contributed by atoms with Gasteiger partial charge in [-0.05, 0) is 30.7 Å². The fourth-order valence-electron chi connectivity index (χ4n) is 2.85. The number of pyridine rings is 1. The van der Waals surface area contributed by atoms with Crippen LogP contribution in [-0.2, 0) is 0 Å². The predicted octanol–water partition coefficient (Wildman–Crippen LogP) is 2.19. The molecule has 2 aromatic rings. The first-order valence-corrected chi connectivity index (χ1v) is 8.62. The summed E-state index contributed by atoms with van der Waals surface area (Å²) in [6.07, 6.45) is 3.56. The maximum atomic E-state index is 10.3. The van der Waals surface area contributed by atoms with Gasteiger partial charge in [-0.2, -0.15) is 0 Å². The second-order valence-corrected chi connectivity index (χ2v) is 5.89. The van der Waals surface area contributed by atoms with Crippen LogP contribution in [0.5, 0.6) is 5.75 Å². The first-order chi connectivity index (χ1) is 12.3. The molecule has 1 aliphatic heterocycles. The number of hydrogen-bond acceptors (Lipinski definition) is 4. The van der Waals surface area contributed by atoms with Crippen molar-refractivity contribution in [2.24, 2.45) is 4.99 Å². The SMILES string of the molecule is CCNC(=NCC(O)c1ccncc1)NC1CCOc2ccccc21. The molecular formula is C19H24N4O2. The number of aliphatic hydroxyl groups excluding tert-OH is 1. The molecule has 0 aliphatic carbocycles. The van der Waals surface area contributed by atoms with Gasteiger partial charge in [-0.15, -0.1) is 0 Å². The average molecular weight is 340 g/mol. The van der Waals surface area contributed by atoms with Crippen molar-refractivity contribution in [1.82, 2.24) is 15.6 Å². The van der Waals surface area contributed by atoms with Crippen LogP contribution in [0.25, 0.3) is 0 Å². The summed E-state index contributed by atoms with van der Waals surface area (Å²) in [7, 11) is 0. The van der Waals surface area contributed by atoms with E-state index in [0.29, 0.717) is 12.6 Å². The second kappa shape index (κ2) is 8.48. The fourth-order valence-corrected chi connectivity index (χ4v) is 2.85. The Kier molecular flexibility index (Phi) is 5.85. The highest BCUT2D eigenvalue weighted by Crippen LogP contribution is 2.31. The Hall–Kier alpha value is -2.60. The standard InChI is InChI=1S/C19H24N4O2/c1-2-21-19(22-13-17(24)14-7-10-20-11-8-14)23-16-9-12-25-18-6-4-3-5-15(16)18/h3-8,10-11,16-17,24H,2,9,12-13H2,1H3,(H2,21,22,23). The first kappa shape index (κ1) is 17.2. The number of fused-ring (bicyclic) bond motifs is 1. The zero-order valence-electron chi connectivity index (χ0n) is 14.4. The number of hydrogen-bond donors (Lipinski definition) is 3. The molecule has 1 aliphatic rings. The monoisotopic (exact) mass is 340 g/mol. The number of nitrogens with one attached hydrogen (secondary N) is 2. The summed E-state index contributed by atoms with van der Waals surface area (Å²) in [6.45, 7) is 3.73. The maximum absolute atomic E-state index is 10.3. The number of para-hydroxylation sites is 1. The van der Waals surface area contributed by atoms with Crippen molar-refractivity contribution in [2.45, 2.75) is 25.5 Å². The van der Waals surface area contributed by atoms with E-state index in [-0.39, 0.29) is 12.6 Å². The van der Waals surface area contributed by atoms with Crippen LogP contribution in [0, 0.1) is 0 Å². The van der Waals surface area contributed by atoms with Crippen molar-refractivity contribution in [3.8, 4) is 5.75 Å². The number of aromatic nitrogens is 1. The second-order valence-electron chi connectivity index (χ2n) is 5.89. The van der Waals surface area contributed by atoms with Crippen molar-refractivity contribution in [3.05, 3.63) is 59.9 Å². The maximum Gasteiger partial charge on any atom is 0.191 e. The van der Waals surface area contributed by atoms with E-state index in [2.05, 4.69) is 26.7 Å². The highest BCUT2D eigenvalue weighted by Gasteiger charge is 2.21. The molecule has 1 aromatic carbocycles. The number of benzene rings is 1. The lowest BCUT2D eigenvalue weighted by atomic mass is 10.0. The fraction of sp³-hybridized carbons (Fsp3) is 0.368. The first-order valence-electron chi connectivity index (χ1n) is 8.62. The Morgan fingerprint density at radius 1 is 1.32 bits per heavy atom. The lowest BCUT2D eigenvalue weighted by Gasteiger charge is -2.28. The zero-order chi connectivity index (χ0) is 17.5. The normalized spacial score (nSPS) is 18.0. The van der Waals surface area contributed by atoms with Gasteiger partial charge in [0.25, 0.3) is 0 Å². The number of aliphatic hydroxyl groups is 1. The molecule has 2 heterocycles. The van der Waals surface area contributed by atoms with Gasteiger partial charge in [0.15, 0.2) is 5.96 Å². The van der Waals surface area contributed by atoms with Crippen LogP contribution >= 0.6 is 0 Å². The summed E-state index contributed by atoms with van der Waals surface area (Å²) in [5, 5.41) is 17.0. The summed E-state index contributed by atoms with van der Waals surface area (Å²) >= 11 is 0. The Morgan fingerprint density at radius 2 is 2.12 bits per heavy atom. The van der Waals surface area contributed by atoms with Crippen LogP contribution in [0.1, 0.15) is 36.6 Å². The van der Waals surface area contributed by atoms with Crippen molar-refractivity contribution < 1.29 is 9.84 Å². The number of guanidine groups is 1. The molecule has 2 atom stereocenters. The molecule has 0 saturated heterocycles. The molecule has 6 nitrogen and oxygen atoms in total. The Bertz CT molecular complexity index is 706. The molecule has 3 rings (SSSR count). The zero-order valence-corrected chi connectivity index (χ0v) is 14.4. The molecular weight excluding hydrogens is 316 g/mol. The van der Waals surface area contributed by atoms with Crippen molar-refractivity contribution in [2.75, 3.05) is 19.7 Å². The largest absolute Gasteiger partial charge is 0.493 e. The topological polar surface area (TPSA) is 78.8 Å². The highest BCUT2D eigenvalue weighted by molar-refractivity contribution is 5.80. The van der Waals surface area contributed by atoms with Crippen LogP contribution in [0.2, 0.25) is 0 Å². The summed E-state index contributed by atoms with van der Waals surface area (Å²) in [4.78, 5) is 8.51. The van der Waals surface area contributed by atoms with E-state index in [4.69, 9.17) is 4.74 Å². The number of ether oxygens (including phenoxy) is 1. The van der Waals surface area contributed by atoms with Crippen molar-refractivity contribution >= 4 is 5.96 Å². The molecule has 6 heteroatoms. The quantitative estimate of drug-likeness (QED) is 0.574. The van der Waals surface area contributed by atoms with Gasteiger partial charge < -0.3 is 20.5 Å². The molecule has 132 valence electrons. The third-order valence-corrected chi connectivity index (χ3v) is 4.13. The molecule has 0 fully saturated rings. The third kappa shape index (κ3) is 4.48. The highest BCUT2D eigenvalue weighted by atomic mass is 16.5. The van der Waals surface area contributed by atoms with E-state index in [1.54, 1.807) is 24.5 Å². The predicted molar refractivity (Wildman–Crippen MR) is 97.6 cm³/mol. The number of nitrogens with zero attached hydrogens (tertiary/aromatic N) is 2. The van der Waals surface area contributed by atoms with E-state index >= 15 is 0 Å². The molecule has 0 spiro atoms. The molecule has 0 amide bonds. The van der Waals surface area contributed by atoms with Gasteiger partial charge in [-0.3, -0.25) is 9.98 Å². The lowest BCUT2D eigenvalue weighted by molar-refractivity contribution is 0.187. The van der Waals surface area contributed by atoms with Gasteiger partial charge >= 0.3 is 0 Å². The molecule has 0 bridgehead atoms.